The summed E-state index contributed by atoms with van der Waals surface area (Å²) in [6, 6.07) is 0. The lowest BCUT2D eigenvalue weighted by Crippen LogP contribution is -2.53. The van der Waals surface area contributed by atoms with E-state index in [1.54, 1.807) is 17.8 Å². The minimum absolute atomic E-state index is 0.119. The Morgan fingerprint density at radius 3 is 3.07 bits per heavy atom. The van der Waals surface area contributed by atoms with Gasteiger partial charge >= 0.3 is 5.97 Å². The molecule has 1 heterocycles. The van der Waals surface area contributed by atoms with Gasteiger partial charge in [-0.3, -0.25) is 10.1 Å². The SMILES string of the molecule is C=CCNC1(C(=O)OCC)CCSC1. The molecule has 80 valence electrons. The Hall–Kier alpha value is -0.480. The summed E-state index contributed by atoms with van der Waals surface area (Å²) in [5.41, 5.74) is -0.463. The molecule has 0 aromatic carbocycles. The first-order valence-corrected chi connectivity index (χ1v) is 6.01. The Bertz CT molecular complexity index is 212. The highest BCUT2D eigenvalue weighted by molar-refractivity contribution is 7.99. The first-order chi connectivity index (χ1) is 6.75. The van der Waals surface area contributed by atoms with Crippen molar-refractivity contribution in [2.45, 2.75) is 18.9 Å². The Kier molecular flexibility index (Phi) is 4.48. The van der Waals surface area contributed by atoms with Crippen LogP contribution in [0, 0.1) is 0 Å². The van der Waals surface area contributed by atoms with Gasteiger partial charge in [-0.25, -0.2) is 0 Å². The van der Waals surface area contributed by atoms with Crippen LogP contribution in [0.3, 0.4) is 0 Å². The maximum absolute atomic E-state index is 11.7. The van der Waals surface area contributed by atoms with E-state index in [0.29, 0.717) is 13.2 Å². The fourth-order valence-corrected chi connectivity index (χ4v) is 2.82. The summed E-state index contributed by atoms with van der Waals surface area (Å²) >= 11 is 1.79. The molecule has 0 bridgehead atoms. The van der Waals surface area contributed by atoms with Crippen LogP contribution < -0.4 is 5.32 Å². The molecule has 3 nitrogen and oxygen atoms in total. The van der Waals surface area contributed by atoms with Gasteiger partial charge in [-0.2, -0.15) is 11.8 Å². The topological polar surface area (TPSA) is 38.3 Å². The lowest BCUT2D eigenvalue weighted by atomic mass is 9.99. The predicted molar refractivity (Wildman–Crippen MR) is 59.5 cm³/mol. The molecule has 14 heavy (non-hydrogen) atoms. The van der Waals surface area contributed by atoms with Crippen molar-refractivity contribution in [2.24, 2.45) is 0 Å². The van der Waals surface area contributed by atoms with Gasteiger partial charge in [0.2, 0.25) is 0 Å². The third kappa shape index (κ3) is 2.51. The van der Waals surface area contributed by atoms with Gasteiger partial charge in [-0.05, 0) is 19.1 Å². The molecule has 1 saturated heterocycles. The van der Waals surface area contributed by atoms with E-state index in [2.05, 4.69) is 11.9 Å². The van der Waals surface area contributed by atoms with Crippen molar-refractivity contribution < 1.29 is 9.53 Å². The fraction of sp³-hybridized carbons (Fsp3) is 0.700. The first kappa shape index (κ1) is 11.6. The number of thioether (sulfide) groups is 1. The highest BCUT2D eigenvalue weighted by Gasteiger charge is 2.42. The van der Waals surface area contributed by atoms with Crippen LogP contribution in [0.15, 0.2) is 12.7 Å². The number of carbonyl (C=O) groups is 1. The molecular formula is C10H17NO2S. The molecule has 1 unspecified atom stereocenters. The van der Waals surface area contributed by atoms with E-state index in [4.69, 9.17) is 4.74 Å². The summed E-state index contributed by atoms with van der Waals surface area (Å²) in [7, 11) is 0. The molecule has 1 atom stereocenters. The second kappa shape index (κ2) is 5.41. The minimum Gasteiger partial charge on any atom is -0.465 e. The van der Waals surface area contributed by atoms with E-state index < -0.39 is 5.54 Å². The normalized spacial score (nSPS) is 26.1. The monoisotopic (exact) mass is 215 g/mol. The molecule has 0 saturated carbocycles. The van der Waals surface area contributed by atoms with E-state index in [1.807, 2.05) is 6.92 Å². The van der Waals surface area contributed by atoms with Crippen molar-refractivity contribution in [3.05, 3.63) is 12.7 Å². The summed E-state index contributed by atoms with van der Waals surface area (Å²) < 4.78 is 5.08. The molecule has 0 spiro atoms. The number of esters is 1. The standard InChI is InChI=1S/C10H17NO2S/c1-3-6-11-10(5-7-14-8-10)9(12)13-4-2/h3,11H,1,4-8H2,2H3. The van der Waals surface area contributed by atoms with Crippen molar-refractivity contribution >= 4 is 17.7 Å². The van der Waals surface area contributed by atoms with E-state index in [-0.39, 0.29) is 5.97 Å². The number of rotatable bonds is 5. The minimum atomic E-state index is -0.463. The quantitative estimate of drug-likeness (QED) is 0.552. The third-order valence-corrected chi connectivity index (χ3v) is 3.46. The van der Waals surface area contributed by atoms with Gasteiger partial charge in [0.15, 0.2) is 0 Å². The smallest absolute Gasteiger partial charge is 0.327 e. The number of nitrogens with one attached hydrogen (secondary N) is 1. The molecule has 1 fully saturated rings. The lowest BCUT2D eigenvalue weighted by Gasteiger charge is -2.26. The first-order valence-electron chi connectivity index (χ1n) is 4.86. The Balaban J connectivity index is 2.60. The molecule has 1 aliphatic heterocycles. The summed E-state index contributed by atoms with van der Waals surface area (Å²) in [4.78, 5) is 11.7. The van der Waals surface area contributed by atoms with E-state index >= 15 is 0 Å². The van der Waals surface area contributed by atoms with Crippen molar-refractivity contribution in [1.29, 1.82) is 0 Å². The van der Waals surface area contributed by atoms with E-state index in [1.165, 1.54) is 0 Å². The van der Waals surface area contributed by atoms with Gasteiger partial charge in [-0.15, -0.1) is 6.58 Å². The molecule has 0 amide bonds. The van der Waals surface area contributed by atoms with Crippen LogP contribution in [-0.4, -0.2) is 36.2 Å². The maximum Gasteiger partial charge on any atom is 0.327 e. The van der Waals surface area contributed by atoms with Crippen molar-refractivity contribution in [1.82, 2.24) is 5.32 Å². The predicted octanol–water partition coefficient (Wildman–Crippen LogP) is 1.20. The zero-order chi connectivity index (χ0) is 10.4. The maximum atomic E-state index is 11.7. The molecule has 0 aromatic rings. The average Bonchev–Trinajstić information content (AvgIpc) is 2.65. The van der Waals surface area contributed by atoms with Crippen molar-refractivity contribution in [2.75, 3.05) is 24.7 Å². The summed E-state index contributed by atoms with van der Waals surface area (Å²) in [6.45, 7) is 6.57. The molecule has 1 aliphatic rings. The Labute approximate surface area is 89.3 Å². The van der Waals surface area contributed by atoms with Crippen molar-refractivity contribution in [3.63, 3.8) is 0 Å². The van der Waals surface area contributed by atoms with Crippen LogP contribution in [-0.2, 0) is 9.53 Å². The van der Waals surface area contributed by atoms with Gasteiger partial charge in [-0.1, -0.05) is 6.08 Å². The van der Waals surface area contributed by atoms with Crippen molar-refractivity contribution in [3.8, 4) is 0 Å². The number of hydrogen-bond acceptors (Lipinski definition) is 4. The Morgan fingerprint density at radius 1 is 1.79 bits per heavy atom. The van der Waals surface area contributed by atoms with Crippen LogP contribution in [0.5, 0.6) is 0 Å². The molecule has 0 radical (unpaired) electrons. The van der Waals surface area contributed by atoms with Crippen LogP contribution in [0.4, 0.5) is 0 Å². The van der Waals surface area contributed by atoms with Gasteiger partial charge in [0, 0.05) is 12.3 Å². The fourth-order valence-electron chi connectivity index (χ4n) is 1.47. The average molecular weight is 215 g/mol. The third-order valence-electron chi connectivity index (χ3n) is 2.27. The Morgan fingerprint density at radius 2 is 2.57 bits per heavy atom. The van der Waals surface area contributed by atoms with Crippen LogP contribution in [0.25, 0.3) is 0 Å². The zero-order valence-corrected chi connectivity index (χ0v) is 9.36. The summed E-state index contributed by atoms with van der Waals surface area (Å²) in [6.07, 6.45) is 2.62. The van der Waals surface area contributed by atoms with Gasteiger partial charge < -0.3 is 4.74 Å². The summed E-state index contributed by atoms with van der Waals surface area (Å²) in [5, 5.41) is 3.22. The largest absolute Gasteiger partial charge is 0.465 e. The zero-order valence-electron chi connectivity index (χ0n) is 8.54. The highest BCUT2D eigenvalue weighted by Crippen LogP contribution is 2.29. The number of ether oxygens (including phenoxy) is 1. The van der Waals surface area contributed by atoms with Gasteiger partial charge in [0.25, 0.3) is 0 Å². The summed E-state index contributed by atoms with van der Waals surface area (Å²) in [5.74, 6) is 1.70. The number of carbonyl (C=O) groups excluding carboxylic acids is 1. The molecule has 0 aromatic heterocycles. The number of hydrogen-bond donors (Lipinski definition) is 1. The molecule has 4 heteroatoms. The highest BCUT2D eigenvalue weighted by atomic mass is 32.2. The lowest BCUT2D eigenvalue weighted by molar-refractivity contribution is -0.150. The molecule has 0 aliphatic carbocycles. The van der Waals surface area contributed by atoms with Crippen LogP contribution >= 0.6 is 11.8 Å². The van der Waals surface area contributed by atoms with E-state index in [0.717, 1.165) is 17.9 Å². The van der Waals surface area contributed by atoms with Crippen LogP contribution in [0.1, 0.15) is 13.3 Å². The van der Waals surface area contributed by atoms with Crippen LogP contribution in [0.2, 0.25) is 0 Å². The van der Waals surface area contributed by atoms with Gasteiger partial charge in [0.05, 0.1) is 6.61 Å². The molecule has 1 N–H and O–H groups in total. The second-order valence-electron chi connectivity index (χ2n) is 3.27. The molecule has 1 rings (SSSR count). The second-order valence-corrected chi connectivity index (χ2v) is 4.38. The molecular weight excluding hydrogens is 198 g/mol. The van der Waals surface area contributed by atoms with Gasteiger partial charge in [0.1, 0.15) is 5.54 Å². The van der Waals surface area contributed by atoms with E-state index in [9.17, 15) is 4.79 Å².